The van der Waals surface area contributed by atoms with Crippen LogP contribution in [0.1, 0.15) is 19.7 Å². The molecule has 2 atom stereocenters. The third-order valence-electron chi connectivity index (χ3n) is 5.29. The Kier molecular flexibility index (Phi) is 6.20. The van der Waals surface area contributed by atoms with E-state index in [1.165, 1.54) is 12.1 Å². The maximum absolute atomic E-state index is 13.1. The van der Waals surface area contributed by atoms with Crippen LogP contribution >= 0.6 is 0 Å². The van der Waals surface area contributed by atoms with Crippen molar-refractivity contribution in [3.8, 4) is 11.5 Å². The molecule has 1 fully saturated rings. The van der Waals surface area contributed by atoms with Crippen LogP contribution in [0, 0.1) is 5.82 Å². The molecule has 1 aliphatic heterocycles. The van der Waals surface area contributed by atoms with Crippen molar-refractivity contribution in [3.63, 3.8) is 0 Å². The molecule has 0 aliphatic carbocycles. The number of hydrogen-bond donors (Lipinski definition) is 0. The smallest absolute Gasteiger partial charge is 0.124 e. The first-order chi connectivity index (χ1) is 14.5. The number of benzene rings is 2. The third-order valence-corrected chi connectivity index (χ3v) is 5.29. The van der Waals surface area contributed by atoms with Gasteiger partial charge in [0, 0.05) is 19.2 Å². The van der Waals surface area contributed by atoms with E-state index >= 15 is 0 Å². The third kappa shape index (κ3) is 4.74. The molecule has 6 nitrogen and oxygen atoms in total. The summed E-state index contributed by atoms with van der Waals surface area (Å²) in [4.78, 5) is 7.28. The summed E-state index contributed by atoms with van der Waals surface area (Å²) in [5, 5.41) is 0. The van der Waals surface area contributed by atoms with Gasteiger partial charge in [0.2, 0.25) is 0 Å². The number of fused-ring (bicyclic) bond motifs is 1. The average Bonchev–Trinajstić information content (AvgIpc) is 3.05. The Morgan fingerprint density at radius 1 is 1.07 bits per heavy atom. The Morgan fingerprint density at radius 2 is 1.77 bits per heavy atom. The zero-order chi connectivity index (χ0) is 21.1. The van der Waals surface area contributed by atoms with Crippen molar-refractivity contribution in [1.29, 1.82) is 0 Å². The quantitative estimate of drug-likeness (QED) is 0.589. The largest absolute Gasteiger partial charge is 0.497 e. The zero-order valence-corrected chi connectivity index (χ0v) is 17.7. The minimum atomic E-state index is -0.270. The molecule has 0 radical (unpaired) electrons. The van der Waals surface area contributed by atoms with Crippen LogP contribution in [0.2, 0.25) is 0 Å². The molecule has 1 saturated heterocycles. The number of ether oxygens (including phenoxy) is 3. The maximum Gasteiger partial charge on any atom is 0.124 e. The lowest BCUT2D eigenvalue weighted by molar-refractivity contribution is -0.0712. The minimum absolute atomic E-state index is 0.202. The first-order valence-electron chi connectivity index (χ1n) is 10.3. The Morgan fingerprint density at radius 3 is 2.47 bits per heavy atom. The highest BCUT2D eigenvalue weighted by Crippen LogP contribution is 2.24. The lowest BCUT2D eigenvalue weighted by atomic mass is 10.2. The van der Waals surface area contributed by atoms with Crippen molar-refractivity contribution >= 4 is 11.0 Å². The lowest BCUT2D eigenvalue weighted by Crippen LogP contribution is -2.45. The first kappa shape index (κ1) is 20.6. The van der Waals surface area contributed by atoms with Gasteiger partial charge in [-0.2, -0.15) is 0 Å². The average molecular weight is 413 g/mol. The second kappa shape index (κ2) is 9.02. The van der Waals surface area contributed by atoms with Crippen LogP contribution < -0.4 is 9.47 Å². The molecule has 4 rings (SSSR count). The van der Waals surface area contributed by atoms with E-state index in [0.29, 0.717) is 18.9 Å². The molecular formula is C23H28FN3O3. The molecule has 2 heterocycles. The van der Waals surface area contributed by atoms with E-state index < -0.39 is 0 Å². The normalized spacial score (nSPS) is 19.9. The fourth-order valence-electron chi connectivity index (χ4n) is 4.06. The Balaban J connectivity index is 1.55. The van der Waals surface area contributed by atoms with Gasteiger partial charge in [-0.1, -0.05) is 0 Å². The van der Waals surface area contributed by atoms with E-state index in [-0.39, 0.29) is 18.0 Å². The van der Waals surface area contributed by atoms with Crippen molar-refractivity contribution in [2.45, 2.75) is 39.1 Å². The lowest BCUT2D eigenvalue weighted by Gasteiger charge is -2.35. The van der Waals surface area contributed by atoms with Gasteiger partial charge in [-0.15, -0.1) is 0 Å². The molecule has 0 N–H and O–H groups in total. The predicted octanol–water partition coefficient (Wildman–Crippen LogP) is 3.87. The summed E-state index contributed by atoms with van der Waals surface area (Å²) in [6.07, 6.45) is 0.405. The van der Waals surface area contributed by atoms with Crippen molar-refractivity contribution in [2.24, 2.45) is 0 Å². The van der Waals surface area contributed by atoms with Crippen molar-refractivity contribution < 1.29 is 18.6 Å². The highest BCUT2D eigenvalue weighted by atomic mass is 19.1. The molecule has 2 aromatic carbocycles. The van der Waals surface area contributed by atoms with Gasteiger partial charge in [0.25, 0.3) is 0 Å². The number of rotatable bonds is 7. The van der Waals surface area contributed by atoms with Crippen molar-refractivity contribution in [1.82, 2.24) is 14.5 Å². The van der Waals surface area contributed by atoms with Crippen LogP contribution in [0.5, 0.6) is 11.5 Å². The van der Waals surface area contributed by atoms with E-state index in [1.807, 2.05) is 18.2 Å². The number of morpholine rings is 1. The molecule has 0 saturated carbocycles. The molecule has 7 heteroatoms. The second-order valence-electron chi connectivity index (χ2n) is 7.79. The molecule has 2 unspecified atom stereocenters. The van der Waals surface area contributed by atoms with Gasteiger partial charge < -0.3 is 18.8 Å². The Bertz CT molecular complexity index is 979. The Labute approximate surface area is 176 Å². The van der Waals surface area contributed by atoms with Crippen LogP contribution in [0.15, 0.2) is 42.5 Å². The molecule has 30 heavy (non-hydrogen) atoms. The van der Waals surface area contributed by atoms with E-state index in [4.69, 9.17) is 19.2 Å². The van der Waals surface area contributed by atoms with Gasteiger partial charge in [-0.25, -0.2) is 9.37 Å². The zero-order valence-electron chi connectivity index (χ0n) is 17.7. The SMILES string of the molecule is COc1ccc2c(c1)nc(CN1CC(C)OC(C)C1)n2CCOc1ccc(F)cc1. The maximum atomic E-state index is 13.1. The summed E-state index contributed by atoms with van der Waals surface area (Å²) in [6.45, 7) is 7.81. The highest BCUT2D eigenvalue weighted by molar-refractivity contribution is 5.77. The number of nitrogens with zero attached hydrogens (tertiary/aromatic N) is 3. The standard InChI is InChI=1S/C23H28FN3O3/c1-16-13-26(14-17(2)30-16)15-23-25-21-12-20(28-3)8-9-22(21)27(23)10-11-29-19-6-4-18(24)5-7-19/h4-9,12,16-17H,10-11,13-15H2,1-3H3. The highest BCUT2D eigenvalue weighted by Gasteiger charge is 2.24. The molecule has 3 aromatic rings. The van der Waals surface area contributed by atoms with Crippen LogP contribution in [0.4, 0.5) is 4.39 Å². The Hall–Kier alpha value is -2.64. The monoisotopic (exact) mass is 413 g/mol. The number of methoxy groups -OCH3 is 1. The summed E-state index contributed by atoms with van der Waals surface area (Å²) < 4.78 is 32.4. The van der Waals surface area contributed by atoms with Crippen LogP contribution in [-0.4, -0.2) is 53.5 Å². The predicted molar refractivity (Wildman–Crippen MR) is 113 cm³/mol. The molecular weight excluding hydrogens is 385 g/mol. The van der Waals surface area contributed by atoms with Crippen LogP contribution in [0.3, 0.4) is 0 Å². The van der Waals surface area contributed by atoms with Crippen molar-refractivity contribution in [3.05, 3.63) is 54.1 Å². The summed E-state index contributed by atoms with van der Waals surface area (Å²) in [6, 6.07) is 12.0. The number of hydrogen-bond acceptors (Lipinski definition) is 5. The summed E-state index contributed by atoms with van der Waals surface area (Å²) in [7, 11) is 1.66. The minimum Gasteiger partial charge on any atom is -0.497 e. The topological polar surface area (TPSA) is 48.8 Å². The van der Waals surface area contributed by atoms with Crippen LogP contribution in [-0.2, 0) is 17.8 Å². The molecule has 0 spiro atoms. The fourth-order valence-corrected chi connectivity index (χ4v) is 4.06. The molecule has 160 valence electrons. The molecule has 1 aromatic heterocycles. The molecule has 1 aliphatic rings. The van der Waals surface area contributed by atoms with Gasteiger partial charge in [-0.3, -0.25) is 4.90 Å². The fraction of sp³-hybridized carbons (Fsp3) is 0.435. The number of aromatic nitrogens is 2. The summed E-state index contributed by atoms with van der Waals surface area (Å²) in [5.41, 5.74) is 1.95. The van der Waals surface area contributed by atoms with E-state index in [2.05, 4.69) is 23.3 Å². The number of halogens is 1. The number of imidazole rings is 1. The van der Waals surface area contributed by atoms with Gasteiger partial charge in [0.1, 0.15) is 29.7 Å². The van der Waals surface area contributed by atoms with Gasteiger partial charge >= 0.3 is 0 Å². The molecule has 0 bridgehead atoms. The summed E-state index contributed by atoms with van der Waals surface area (Å²) >= 11 is 0. The molecule has 0 amide bonds. The van der Waals surface area contributed by atoms with E-state index in [0.717, 1.165) is 42.2 Å². The summed E-state index contributed by atoms with van der Waals surface area (Å²) in [5.74, 6) is 2.16. The van der Waals surface area contributed by atoms with Crippen molar-refractivity contribution in [2.75, 3.05) is 26.8 Å². The van der Waals surface area contributed by atoms with Crippen LogP contribution in [0.25, 0.3) is 11.0 Å². The van der Waals surface area contributed by atoms with Gasteiger partial charge in [0.05, 0.1) is 43.4 Å². The van der Waals surface area contributed by atoms with Gasteiger partial charge in [0.15, 0.2) is 0 Å². The van der Waals surface area contributed by atoms with E-state index in [9.17, 15) is 4.39 Å². The second-order valence-corrected chi connectivity index (χ2v) is 7.79. The van der Waals surface area contributed by atoms with Gasteiger partial charge in [-0.05, 0) is 50.2 Å². The first-order valence-corrected chi connectivity index (χ1v) is 10.3. The van der Waals surface area contributed by atoms with E-state index in [1.54, 1.807) is 19.2 Å².